The second-order valence-corrected chi connectivity index (χ2v) is 4.33. The Morgan fingerprint density at radius 1 is 1.00 bits per heavy atom. The number of unbranched alkanes of at least 4 members (excludes halogenated alkanes) is 3. The summed E-state index contributed by atoms with van der Waals surface area (Å²) in [5.41, 5.74) is 1.10. The second kappa shape index (κ2) is 9.92. The zero-order valence-corrected chi connectivity index (χ0v) is 11.2. The van der Waals surface area contributed by atoms with Crippen LogP contribution in [0.15, 0.2) is 24.3 Å². The van der Waals surface area contributed by atoms with Gasteiger partial charge in [0.25, 0.3) is 0 Å². The lowest BCUT2D eigenvalue weighted by molar-refractivity contribution is 0.0815. The van der Waals surface area contributed by atoms with E-state index in [9.17, 15) is 0 Å². The standard InChI is InChI=1S/C15H24O3/c1-2-3-4-5-11-18-15-8-6-14(7-9-15)13-17-12-10-16/h6-9,16H,2-5,10-13H2,1H3. The minimum Gasteiger partial charge on any atom is -0.494 e. The molecular weight excluding hydrogens is 228 g/mol. The Morgan fingerprint density at radius 3 is 2.44 bits per heavy atom. The van der Waals surface area contributed by atoms with E-state index in [1.807, 2.05) is 24.3 Å². The number of ether oxygens (including phenoxy) is 2. The van der Waals surface area contributed by atoms with Gasteiger partial charge in [-0.15, -0.1) is 0 Å². The first-order valence-corrected chi connectivity index (χ1v) is 6.77. The van der Waals surface area contributed by atoms with Crippen LogP contribution in [0.3, 0.4) is 0 Å². The lowest BCUT2D eigenvalue weighted by Crippen LogP contribution is -2.00. The molecule has 0 spiro atoms. The van der Waals surface area contributed by atoms with Crippen LogP contribution < -0.4 is 4.74 Å². The van der Waals surface area contributed by atoms with Crippen LogP contribution in [0.5, 0.6) is 5.75 Å². The first kappa shape index (κ1) is 15.0. The lowest BCUT2D eigenvalue weighted by Gasteiger charge is -2.07. The maximum atomic E-state index is 8.60. The zero-order valence-electron chi connectivity index (χ0n) is 11.2. The van der Waals surface area contributed by atoms with Gasteiger partial charge >= 0.3 is 0 Å². The fourth-order valence-corrected chi connectivity index (χ4v) is 1.66. The molecule has 1 N–H and O–H groups in total. The van der Waals surface area contributed by atoms with E-state index in [4.69, 9.17) is 14.6 Å². The monoisotopic (exact) mass is 252 g/mol. The minimum atomic E-state index is 0.0684. The van der Waals surface area contributed by atoms with E-state index in [0.29, 0.717) is 13.2 Å². The van der Waals surface area contributed by atoms with Crippen molar-refractivity contribution in [3.63, 3.8) is 0 Å². The Labute approximate surface area is 110 Å². The summed E-state index contributed by atoms with van der Waals surface area (Å²) in [6.07, 6.45) is 4.89. The highest BCUT2D eigenvalue weighted by atomic mass is 16.5. The van der Waals surface area contributed by atoms with Crippen molar-refractivity contribution in [2.45, 2.75) is 39.2 Å². The molecule has 3 nitrogen and oxygen atoms in total. The SMILES string of the molecule is CCCCCCOc1ccc(COCCO)cc1. The third kappa shape index (κ3) is 6.62. The highest BCUT2D eigenvalue weighted by molar-refractivity contribution is 5.26. The molecule has 3 heteroatoms. The van der Waals surface area contributed by atoms with Gasteiger partial charge in [0.15, 0.2) is 0 Å². The third-order valence-electron chi connectivity index (χ3n) is 2.69. The van der Waals surface area contributed by atoms with Gasteiger partial charge in [-0.25, -0.2) is 0 Å². The highest BCUT2D eigenvalue weighted by Crippen LogP contribution is 2.13. The molecule has 1 aromatic carbocycles. The lowest BCUT2D eigenvalue weighted by atomic mass is 10.2. The Hall–Kier alpha value is -1.06. The number of hydrogen-bond acceptors (Lipinski definition) is 3. The number of aliphatic hydroxyl groups is 1. The second-order valence-electron chi connectivity index (χ2n) is 4.33. The molecule has 1 aromatic rings. The first-order valence-electron chi connectivity index (χ1n) is 6.77. The number of aliphatic hydroxyl groups excluding tert-OH is 1. The van der Waals surface area contributed by atoms with Gasteiger partial charge in [-0.2, -0.15) is 0 Å². The van der Waals surface area contributed by atoms with Crippen LogP contribution >= 0.6 is 0 Å². The van der Waals surface area contributed by atoms with Crippen molar-refractivity contribution in [1.82, 2.24) is 0 Å². The summed E-state index contributed by atoms with van der Waals surface area (Å²) in [4.78, 5) is 0. The Morgan fingerprint density at radius 2 is 1.78 bits per heavy atom. The van der Waals surface area contributed by atoms with E-state index in [-0.39, 0.29) is 6.61 Å². The van der Waals surface area contributed by atoms with Gasteiger partial charge in [-0.3, -0.25) is 0 Å². The van der Waals surface area contributed by atoms with Crippen LogP contribution in [0.1, 0.15) is 38.2 Å². The van der Waals surface area contributed by atoms with E-state index in [1.165, 1.54) is 19.3 Å². The summed E-state index contributed by atoms with van der Waals surface area (Å²) in [6.45, 7) is 3.99. The number of rotatable bonds is 10. The molecule has 0 heterocycles. The van der Waals surface area contributed by atoms with Crippen LogP contribution in [0.4, 0.5) is 0 Å². The average molecular weight is 252 g/mol. The van der Waals surface area contributed by atoms with Gasteiger partial charge < -0.3 is 14.6 Å². The molecule has 0 fully saturated rings. The van der Waals surface area contributed by atoms with Crippen molar-refractivity contribution in [2.75, 3.05) is 19.8 Å². The van der Waals surface area contributed by atoms with Crippen LogP contribution in [0.25, 0.3) is 0 Å². The fraction of sp³-hybridized carbons (Fsp3) is 0.600. The molecule has 1 rings (SSSR count). The van der Waals surface area contributed by atoms with Gasteiger partial charge in [-0.1, -0.05) is 38.3 Å². The summed E-state index contributed by atoms with van der Waals surface area (Å²) in [7, 11) is 0. The molecule has 0 atom stereocenters. The van der Waals surface area contributed by atoms with Gasteiger partial charge in [0.2, 0.25) is 0 Å². The molecule has 0 unspecified atom stereocenters. The maximum absolute atomic E-state index is 8.60. The van der Waals surface area contributed by atoms with E-state index >= 15 is 0 Å². The van der Waals surface area contributed by atoms with Crippen molar-refractivity contribution >= 4 is 0 Å². The highest BCUT2D eigenvalue weighted by Gasteiger charge is 1.96. The van der Waals surface area contributed by atoms with Crippen molar-refractivity contribution < 1.29 is 14.6 Å². The fourth-order valence-electron chi connectivity index (χ4n) is 1.66. The predicted octanol–water partition coefficient (Wildman–Crippen LogP) is 3.15. The summed E-state index contributed by atoms with van der Waals surface area (Å²) < 4.78 is 10.9. The molecule has 102 valence electrons. The quantitative estimate of drug-likeness (QED) is 0.650. The van der Waals surface area contributed by atoms with Gasteiger partial charge in [0.1, 0.15) is 5.75 Å². The molecule has 0 aliphatic heterocycles. The largest absolute Gasteiger partial charge is 0.494 e. The van der Waals surface area contributed by atoms with Crippen LogP contribution in [-0.4, -0.2) is 24.9 Å². The third-order valence-corrected chi connectivity index (χ3v) is 2.69. The normalized spacial score (nSPS) is 10.6. The summed E-state index contributed by atoms with van der Waals surface area (Å²) in [5.74, 6) is 0.914. The zero-order chi connectivity index (χ0) is 13.1. The first-order chi connectivity index (χ1) is 8.86. The molecule has 18 heavy (non-hydrogen) atoms. The van der Waals surface area contributed by atoms with Crippen LogP contribution in [0.2, 0.25) is 0 Å². The minimum absolute atomic E-state index is 0.0684. The molecule has 0 aliphatic carbocycles. The van der Waals surface area contributed by atoms with Crippen molar-refractivity contribution in [1.29, 1.82) is 0 Å². The van der Waals surface area contributed by atoms with Crippen LogP contribution in [0, 0.1) is 0 Å². The van der Waals surface area contributed by atoms with Crippen molar-refractivity contribution in [2.24, 2.45) is 0 Å². The van der Waals surface area contributed by atoms with Gasteiger partial charge in [0.05, 0.1) is 26.4 Å². The molecule has 0 aromatic heterocycles. The molecular formula is C15H24O3. The smallest absolute Gasteiger partial charge is 0.119 e. The Balaban J connectivity index is 2.19. The average Bonchev–Trinajstić information content (AvgIpc) is 2.40. The maximum Gasteiger partial charge on any atom is 0.119 e. The van der Waals surface area contributed by atoms with E-state index in [2.05, 4.69) is 6.92 Å². The molecule has 0 saturated heterocycles. The summed E-state index contributed by atoms with van der Waals surface area (Å²) >= 11 is 0. The van der Waals surface area contributed by atoms with E-state index in [0.717, 1.165) is 24.3 Å². The van der Waals surface area contributed by atoms with Gasteiger partial charge in [0, 0.05) is 0 Å². The molecule has 0 saturated carbocycles. The van der Waals surface area contributed by atoms with Crippen molar-refractivity contribution in [3.05, 3.63) is 29.8 Å². The number of hydrogen-bond donors (Lipinski definition) is 1. The van der Waals surface area contributed by atoms with E-state index < -0.39 is 0 Å². The van der Waals surface area contributed by atoms with Crippen molar-refractivity contribution in [3.8, 4) is 5.75 Å². The molecule has 0 aliphatic rings. The summed E-state index contributed by atoms with van der Waals surface area (Å²) in [5, 5.41) is 8.60. The Bertz CT molecular complexity index is 295. The van der Waals surface area contributed by atoms with Gasteiger partial charge in [-0.05, 0) is 24.1 Å². The van der Waals surface area contributed by atoms with Crippen LogP contribution in [-0.2, 0) is 11.3 Å². The predicted molar refractivity (Wildman–Crippen MR) is 72.8 cm³/mol. The summed E-state index contributed by atoms with van der Waals surface area (Å²) in [6, 6.07) is 7.94. The Kier molecular flexibility index (Phi) is 8.26. The topological polar surface area (TPSA) is 38.7 Å². The van der Waals surface area contributed by atoms with E-state index in [1.54, 1.807) is 0 Å². The molecule has 0 amide bonds. The molecule has 0 radical (unpaired) electrons. The molecule has 0 bridgehead atoms. The number of benzene rings is 1.